The summed E-state index contributed by atoms with van der Waals surface area (Å²) in [5, 5.41) is 20.6. The van der Waals surface area contributed by atoms with E-state index in [1.54, 1.807) is 0 Å². The maximum atomic E-state index is 10.6. The molecule has 1 saturated carbocycles. The zero-order valence-corrected chi connectivity index (χ0v) is 9.08. The molecular weight excluding hydrogens is 176 g/mol. The monoisotopic (exact) mass is 196 g/mol. The van der Waals surface area contributed by atoms with Gasteiger partial charge in [0, 0.05) is 5.41 Å². The second kappa shape index (κ2) is 3.07. The van der Waals surface area contributed by atoms with Crippen molar-refractivity contribution in [1.29, 1.82) is 0 Å². The predicted molar refractivity (Wildman–Crippen MR) is 55.9 cm³/mol. The first-order chi connectivity index (χ1) is 6.51. The van der Waals surface area contributed by atoms with E-state index in [2.05, 4.69) is 19.9 Å². The number of fused-ring (bicyclic) bond motifs is 1. The van der Waals surface area contributed by atoms with Crippen LogP contribution < -0.4 is 0 Å². The van der Waals surface area contributed by atoms with Crippen molar-refractivity contribution in [3.8, 4) is 0 Å². The van der Waals surface area contributed by atoms with Gasteiger partial charge < -0.3 is 10.2 Å². The Labute approximate surface area is 85.6 Å². The van der Waals surface area contributed by atoms with Gasteiger partial charge in [-0.2, -0.15) is 0 Å². The van der Waals surface area contributed by atoms with E-state index >= 15 is 0 Å². The van der Waals surface area contributed by atoms with Crippen LogP contribution in [0.25, 0.3) is 0 Å². The molecule has 0 heterocycles. The van der Waals surface area contributed by atoms with E-state index in [9.17, 15) is 10.2 Å². The predicted octanol–water partition coefficient (Wildman–Crippen LogP) is 2.01. The largest absolute Gasteiger partial charge is 0.390 e. The molecule has 0 aromatic carbocycles. The second-order valence-electron chi connectivity index (χ2n) is 5.09. The van der Waals surface area contributed by atoms with Crippen LogP contribution in [-0.4, -0.2) is 21.9 Å². The Kier molecular flexibility index (Phi) is 2.24. The number of aliphatic hydroxyl groups excluding tert-OH is 1. The molecule has 0 aromatic rings. The fourth-order valence-electron chi connectivity index (χ4n) is 3.19. The molecule has 0 saturated heterocycles. The fourth-order valence-corrected chi connectivity index (χ4v) is 3.19. The highest BCUT2D eigenvalue weighted by Crippen LogP contribution is 2.53. The Balaban J connectivity index is 2.43. The minimum atomic E-state index is -0.871. The van der Waals surface area contributed by atoms with Crippen molar-refractivity contribution < 1.29 is 10.2 Å². The van der Waals surface area contributed by atoms with Crippen LogP contribution in [-0.2, 0) is 0 Å². The summed E-state index contributed by atoms with van der Waals surface area (Å²) in [5.41, 5.74) is 0.192. The van der Waals surface area contributed by atoms with Gasteiger partial charge in [0.1, 0.15) is 0 Å². The first-order valence-corrected chi connectivity index (χ1v) is 5.58. The number of aliphatic hydroxyl groups is 2. The summed E-state index contributed by atoms with van der Waals surface area (Å²) in [6.07, 6.45) is 6.06. The van der Waals surface area contributed by atoms with Gasteiger partial charge in [-0.25, -0.2) is 0 Å². The van der Waals surface area contributed by atoms with Crippen LogP contribution in [0.2, 0.25) is 0 Å². The smallest absolute Gasteiger partial charge is 0.0998 e. The maximum absolute atomic E-state index is 10.6. The van der Waals surface area contributed by atoms with E-state index in [1.165, 1.54) is 5.57 Å². The number of hydrogen-bond acceptors (Lipinski definition) is 2. The van der Waals surface area contributed by atoms with Crippen molar-refractivity contribution in [1.82, 2.24) is 0 Å². The molecule has 0 aromatic heterocycles. The number of hydrogen-bond donors (Lipinski definition) is 2. The molecule has 2 N–H and O–H groups in total. The second-order valence-corrected chi connectivity index (χ2v) is 5.09. The number of rotatable bonds is 0. The van der Waals surface area contributed by atoms with Gasteiger partial charge in [-0.1, -0.05) is 18.6 Å². The molecule has 2 heteroatoms. The third kappa shape index (κ3) is 1.10. The summed E-state index contributed by atoms with van der Waals surface area (Å²) in [6, 6.07) is 0. The topological polar surface area (TPSA) is 40.5 Å². The van der Waals surface area contributed by atoms with Crippen LogP contribution in [0.3, 0.4) is 0 Å². The van der Waals surface area contributed by atoms with E-state index in [-0.39, 0.29) is 5.41 Å². The van der Waals surface area contributed by atoms with Crippen LogP contribution in [0, 0.1) is 5.41 Å². The van der Waals surface area contributed by atoms with Crippen molar-refractivity contribution in [2.45, 2.75) is 57.7 Å². The zero-order chi connectivity index (χ0) is 10.4. The fraction of sp³-hybridized carbons (Fsp3) is 0.833. The molecule has 0 aliphatic heterocycles. The van der Waals surface area contributed by atoms with Gasteiger partial charge in [0.2, 0.25) is 0 Å². The summed E-state index contributed by atoms with van der Waals surface area (Å²) < 4.78 is 0. The third-order valence-electron chi connectivity index (χ3n) is 4.51. The van der Waals surface area contributed by atoms with E-state index in [0.717, 1.165) is 25.7 Å². The molecule has 2 aliphatic rings. The van der Waals surface area contributed by atoms with E-state index in [0.29, 0.717) is 6.42 Å². The third-order valence-corrected chi connectivity index (χ3v) is 4.51. The molecule has 2 aliphatic carbocycles. The highest BCUT2D eigenvalue weighted by molar-refractivity contribution is 5.24. The van der Waals surface area contributed by atoms with Crippen molar-refractivity contribution in [3.63, 3.8) is 0 Å². The Morgan fingerprint density at radius 2 is 2.14 bits per heavy atom. The summed E-state index contributed by atoms with van der Waals surface area (Å²) >= 11 is 0. The summed E-state index contributed by atoms with van der Waals surface area (Å²) in [6.45, 7) is 4.18. The number of allylic oxidation sites excluding steroid dienone is 1. The minimum Gasteiger partial charge on any atom is -0.390 e. The molecule has 2 rings (SSSR count). The molecule has 0 spiro atoms. The lowest BCUT2D eigenvalue weighted by molar-refractivity contribution is -0.171. The molecule has 0 radical (unpaired) electrons. The van der Waals surface area contributed by atoms with Crippen molar-refractivity contribution in [3.05, 3.63) is 11.6 Å². The van der Waals surface area contributed by atoms with Crippen molar-refractivity contribution >= 4 is 0 Å². The van der Waals surface area contributed by atoms with E-state index in [4.69, 9.17) is 0 Å². The average Bonchev–Trinajstić information content (AvgIpc) is 2.13. The Morgan fingerprint density at radius 1 is 1.43 bits per heavy atom. The van der Waals surface area contributed by atoms with Gasteiger partial charge in [0.25, 0.3) is 0 Å². The SMILES string of the molecule is CC1=CCC[C@]2(O)C(O)CCC[C@]12C. The van der Waals surface area contributed by atoms with Crippen LogP contribution >= 0.6 is 0 Å². The standard InChI is InChI=1S/C12H20O2/c1-9-5-3-8-12(14)10(13)6-4-7-11(9,12)2/h5,10,13-14H,3-4,6-8H2,1-2H3/t10?,11-,12+/m1/s1. The molecule has 3 atom stereocenters. The lowest BCUT2D eigenvalue weighted by Gasteiger charge is -2.54. The molecule has 80 valence electrons. The highest BCUT2D eigenvalue weighted by Gasteiger charge is 2.55. The Hall–Kier alpha value is -0.340. The molecule has 0 amide bonds. The van der Waals surface area contributed by atoms with Gasteiger partial charge >= 0.3 is 0 Å². The van der Waals surface area contributed by atoms with Crippen molar-refractivity contribution in [2.24, 2.45) is 5.41 Å². The average molecular weight is 196 g/mol. The van der Waals surface area contributed by atoms with Crippen LogP contribution in [0.1, 0.15) is 46.0 Å². The summed E-state index contributed by atoms with van der Waals surface area (Å²) in [4.78, 5) is 0. The normalized spacial score (nSPS) is 48.3. The lowest BCUT2D eigenvalue weighted by atomic mass is 9.56. The first-order valence-electron chi connectivity index (χ1n) is 5.58. The van der Waals surface area contributed by atoms with Gasteiger partial charge in [-0.15, -0.1) is 0 Å². The van der Waals surface area contributed by atoms with Crippen molar-refractivity contribution in [2.75, 3.05) is 0 Å². The lowest BCUT2D eigenvalue weighted by Crippen LogP contribution is -2.59. The quantitative estimate of drug-likeness (QED) is 0.582. The molecular formula is C12H20O2. The van der Waals surface area contributed by atoms with Gasteiger partial charge in [0.15, 0.2) is 0 Å². The minimum absolute atomic E-state index is 0.192. The summed E-state index contributed by atoms with van der Waals surface area (Å²) in [7, 11) is 0. The Bertz CT molecular complexity index is 271. The molecule has 1 fully saturated rings. The van der Waals surface area contributed by atoms with Gasteiger partial charge in [0.05, 0.1) is 11.7 Å². The highest BCUT2D eigenvalue weighted by atomic mass is 16.3. The Morgan fingerprint density at radius 3 is 2.79 bits per heavy atom. The van der Waals surface area contributed by atoms with E-state index in [1.807, 2.05) is 0 Å². The zero-order valence-electron chi connectivity index (χ0n) is 9.08. The van der Waals surface area contributed by atoms with Gasteiger partial charge in [-0.05, 0) is 39.0 Å². The first kappa shape index (κ1) is 10.2. The molecule has 1 unspecified atom stereocenters. The van der Waals surface area contributed by atoms with Gasteiger partial charge in [-0.3, -0.25) is 0 Å². The molecule has 14 heavy (non-hydrogen) atoms. The molecule has 2 nitrogen and oxygen atoms in total. The van der Waals surface area contributed by atoms with Crippen LogP contribution in [0.15, 0.2) is 11.6 Å². The summed E-state index contributed by atoms with van der Waals surface area (Å²) in [5.74, 6) is 0. The van der Waals surface area contributed by atoms with Crippen LogP contribution in [0.4, 0.5) is 0 Å². The van der Waals surface area contributed by atoms with E-state index < -0.39 is 11.7 Å². The molecule has 0 bridgehead atoms. The van der Waals surface area contributed by atoms with Crippen LogP contribution in [0.5, 0.6) is 0 Å². The maximum Gasteiger partial charge on any atom is 0.0998 e.